The van der Waals surface area contributed by atoms with E-state index in [0.29, 0.717) is 0 Å². The van der Waals surface area contributed by atoms with E-state index in [1.807, 2.05) is 23.8 Å². The van der Waals surface area contributed by atoms with Crippen molar-refractivity contribution < 1.29 is 5.11 Å². The summed E-state index contributed by atoms with van der Waals surface area (Å²) >= 11 is 0. The highest BCUT2D eigenvalue weighted by molar-refractivity contribution is 5.80. The predicted molar refractivity (Wildman–Crippen MR) is 48.9 cm³/mol. The molecule has 0 aliphatic heterocycles. The summed E-state index contributed by atoms with van der Waals surface area (Å²) in [7, 11) is 0. The molecule has 0 fully saturated rings. The molecular formula is C10H11NO. The highest BCUT2D eigenvalue weighted by atomic mass is 16.3. The van der Waals surface area contributed by atoms with Crippen LogP contribution < -0.4 is 0 Å². The van der Waals surface area contributed by atoms with Crippen LogP contribution in [0.3, 0.4) is 0 Å². The summed E-state index contributed by atoms with van der Waals surface area (Å²) in [6.07, 6.45) is 1.89. The van der Waals surface area contributed by atoms with Gasteiger partial charge in [-0.3, -0.25) is 0 Å². The number of benzene rings is 1. The fraction of sp³-hybridized carbons (Fsp3) is 0.200. The molecule has 0 saturated carbocycles. The third-order valence-corrected chi connectivity index (χ3v) is 2.08. The molecule has 1 heterocycles. The third kappa shape index (κ3) is 1.01. The summed E-state index contributed by atoms with van der Waals surface area (Å²) in [4.78, 5) is 0. The van der Waals surface area contributed by atoms with Crippen molar-refractivity contribution in [2.75, 3.05) is 0 Å². The summed E-state index contributed by atoms with van der Waals surface area (Å²) in [5, 5.41) is 10.2. The molecule has 0 radical (unpaired) electrons. The van der Waals surface area contributed by atoms with Crippen molar-refractivity contribution in [2.45, 2.75) is 13.7 Å². The van der Waals surface area contributed by atoms with Gasteiger partial charge in [0, 0.05) is 6.20 Å². The lowest BCUT2D eigenvalue weighted by Crippen LogP contribution is -1.93. The van der Waals surface area contributed by atoms with Gasteiger partial charge in [0.15, 0.2) is 0 Å². The summed E-state index contributed by atoms with van der Waals surface area (Å²) in [5.74, 6) is 0. The van der Waals surface area contributed by atoms with E-state index in [4.69, 9.17) is 5.11 Å². The van der Waals surface area contributed by atoms with Gasteiger partial charge in [0.25, 0.3) is 0 Å². The summed E-state index contributed by atoms with van der Waals surface area (Å²) < 4.78 is 1.82. The van der Waals surface area contributed by atoms with Gasteiger partial charge >= 0.3 is 0 Å². The van der Waals surface area contributed by atoms with Crippen LogP contribution in [-0.2, 0) is 6.73 Å². The van der Waals surface area contributed by atoms with Crippen LogP contribution in [-0.4, -0.2) is 9.67 Å². The van der Waals surface area contributed by atoms with Gasteiger partial charge < -0.3 is 9.67 Å². The Hall–Kier alpha value is -1.28. The molecule has 2 heteroatoms. The molecule has 0 spiro atoms. The van der Waals surface area contributed by atoms with Crippen molar-refractivity contribution in [3.63, 3.8) is 0 Å². The number of fused-ring (bicyclic) bond motifs is 1. The van der Waals surface area contributed by atoms with Gasteiger partial charge in [0.05, 0.1) is 5.52 Å². The van der Waals surface area contributed by atoms with Crippen LogP contribution in [0.5, 0.6) is 0 Å². The average molecular weight is 161 g/mol. The molecule has 1 aromatic heterocycles. The maximum atomic E-state index is 8.98. The van der Waals surface area contributed by atoms with Crippen molar-refractivity contribution in [1.29, 1.82) is 0 Å². The van der Waals surface area contributed by atoms with Gasteiger partial charge in [-0.15, -0.1) is 0 Å². The van der Waals surface area contributed by atoms with E-state index in [0.717, 1.165) is 5.52 Å². The van der Waals surface area contributed by atoms with Crippen LogP contribution in [0.2, 0.25) is 0 Å². The lowest BCUT2D eigenvalue weighted by molar-refractivity contribution is 0.215. The summed E-state index contributed by atoms with van der Waals surface area (Å²) in [5.41, 5.74) is 2.31. The monoisotopic (exact) mass is 161 g/mol. The Balaban J connectivity index is 2.75. The van der Waals surface area contributed by atoms with E-state index in [1.54, 1.807) is 0 Å². The molecule has 12 heavy (non-hydrogen) atoms. The number of aliphatic hydroxyl groups excluding tert-OH is 1. The van der Waals surface area contributed by atoms with Crippen molar-refractivity contribution in [2.24, 2.45) is 0 Å². The van der Waals surface area contributed by atoms with Crippen LogP contribution in [0.4, 0.5) is 0 Å². The van der Waals surface area contributed by atoms with Gasteiger partial charge in [0.2, 0.25) is 0 Å². The van der Waals surface area contributed by atoms with Gasteiger partial charge in [0.1, 0.15) is 6.73 Å². The maximum Gasteiger partial charge on any atom is 0.119 e. The van der Waals surface area contributed by atoms with E-state index in [1.165, 1.54) is 10.9 Å². The zero-order chi connectivity index (χ0) is 8.55. The van der Waals surface area contributed by atoms with Gasteiger partial charge in [-0.1, -0.05) is 12.1 Å². The molecular weight excluding hydrogens is 150 g/mol. The second-order valence-electron chi connectivity index (χ2n) is 2.99. The van der Waals surface area contributed by atoms with E-state index in [-0.39, 0.29) is 6.73 Å². The topological polar surface area (TPSA) is 25.2 Å². The average Bonchev–Trinajstić information content (AvgIpc) is 2.46. The summed E-state index contributed by atoms with van der Waals surface area (Å²) in [6, 6.07) is 8.22. The first-order valence-corrected chi connectivity index (χ1v) is 3.97. The van der Waals surface area contributed by atoms with E-state index >= 15 is 0 Å². The number of nitrogens with zero attached hydrogens (tertiary/aromatic N) is 1. The lowest BCUT2D eigenvalue weighted by atomic mass is 10.2. The zero-order valence-electron chi connectivity index (χ0n) is 6.99. The molecule has 0 amide bonds. The minimum absolute atomic E-state index is 0.0486. The Morgan fingerprint density at radius 3 is 2.92 bits per heavy atom. The highest BCUT2D eigenvalue weighted by Crippen LogP contribution is 2.16. The minimum Gasteiger partial charge on any atom is -0.376 e. The smallest absolute Gasteiger partial charge is 0.119 e. The van der Waals surface area contributed by atoms with E-state index < -0.39 is 0 Å². The molecule has 0 unspecified atom stereocenters. The first-order valence-electron chi connectivity index (χ1n) is 3.97. The van der Waals surface area contributed by atoms with Crippen LogP contribution in [0.25, 0.3) is 10.9 Å². The molecule has 0 aliphatic carbocycles. The molecule has 2 aromatic rings. The Bertz CT molecular complexity index is 403. The molecule has 0 saturated heterocycles. The Labute approximate surface area is 71.1 Å². The van der Waals surface area contributed by atoms with Gasteiger partial charge in [-0.2, -0.15) is 0 Å². The number of aromatic nitrogens is 1. The zero-order valence-corrected chi connectivity index (χ0v) is 6.99. The predicted octanol–water partition coefficient (Wildman–Crippen LogP) is 1.90. The first kappa shape index (κ1) is 7.37. The highest BCUT2D eigenvalue weighted by Gasteiger charge is 1.98. The summed E-state index contributed by atoms with van der Waals surface area (Å²) in [6.45, 7) is 2.10. The van der Waals surface area contributed by atoms with Crippen LogP contribution in [0.1, 0.15) is 5.56 Å². The van der Waals surface area contributed by atoms with Crippen LogP contribution >= 0.6 is 0 Å². The molecule has 2 rings (SSSR count). The quantitative estimate of drug-likeness (QED) is 0.679. The molecule has 1 aromatic carbocycles. The van der Waals surface area contributed by atoms with E-state index in [9.17, 15) is 0 Å². The number of aliphatic hydroxyl groups is 1. The maximum absolute atomic E-state index is 8.98. The Morgan fingerprint density at radius 1 is 1.33 bits per heavy atom. The fourth-order valence-electron chi connectivity index (χ4n) is 1.42. The van der Waals surface area contributed by atoms with Crippen molar-refractivity contribution in [3.05, 3.63) is 36.0 Å². The van der Waals surface area contributed by atoms with Crippen molar-refractivity contribution in [3.8, 4) is 0 Å². The molecule has 0 atom stereocenters. The van der Waals surface area contributed by atoms with Crippen molar-refractivity contribution in [1.82, 2.24) is 4.57 Å². The largest absolute Gasteiger partial charge is 0.376 e. The normalized spacial score (nSPS) is 10.8. The molecule has 0 aliphatic rings. The second kappa shape index (κ2) is 2.64. The second-order valence-corrected chi connectivity index (χ2v) is 2.99. The fourth-order valence-corrected chi connectivity index (χ4v) is 1.42. The number of rotatable bonds is 1. The van der Waals surface area contributed by atoms with Crippen LogP contribution in [0.15, 0.2) is 30.5 Å². The SMILES string of the molecule is Cc1ccc2ccn(CO)c2c1. The Kier molecular flexibility index (Phi) is 1.62. The molecule has 0 bridgehead atoms. The first-order chi connectivity index (χ1) is 5.81. The standard InChI is InChI=1S/C10H11NO/c1-8-2-3-9-4-5-11(7-12)10(9)6-8/h2-6,12H,7H2,1H3. The number of hydrogen-bond acceptors (Lipinski definition) is 1. The number of hydrogen-bond donors (Lipinski definition) is 1. The van der Waals surface area contributed by atoms with Crippen molar-refractivity contribution >= 4 is 10.9 Å². The number of aryl methyl sites for hydroxylation is 1. The Morgan fingerprint density at radius 2 is 2.17 bits per heavy atom. The molecule has 1 N–H and O–H groups in total. The van der Waals surface area contributed by atoms with Gasteiger partial charge in [-0.25, -0.2) is 0 Å². The molecule has 2 nitrogen and oxygen atoms in total. The molecule has 62 valence electrons. The van der Waals surface area contributed by atoms with E-state index in [2.05, 4.69) is 18.2 Å². The lowest BCUT2D eigenvalue weighted by Gasteiger charge is -1.99. The third-order valence-electron chi connectivity index (χ3n) is 2.08. The van der Waals surface area contributed by atoms with Crippen LogP contribution in [0, 0.1) is 6.92 Å². The minimum atomic E-state index is 0.0486. The van der Waals surface area contributed by atoms with Gasteiger partial charge in [-0.05, 0) is 30.0 Å².